The van der Waals surface area contributed by atoms with Crippen LogP contribution in [0.15, 0.2) is 82.4 Å². The van der Waals surface area contributed by atoms with E-state index in [1.165, 1.54) is 0 Å². The van der Waals surface area contributed by atoms with Crippen LogP contribution in [-0.4, -0.2) is 35.2 Å². The minimum absolute atomic E-state index is 0.103. The first-order valence-corrected chi connectivity index (χ1v) is 10.8. The van der Waals surface area contributed by atoms with E-state index < -0.39 is 11.9 Å². The Morgan fingerprint density at radius 1 is 1.16 bits per heavy atom. The van der Waals surface area contributed by atoms with Crippen LogP contribution in [0.25, 0.3) is 6.08 Å². The van der Waals surface area contributed by atoms with E-state index in [0.717, 1.165) is 22.9 Å². The molecule has 32 heavy (non-hydrogen) atoms. The number of aryl methyl sites for hydroxylation is 1. The maximum Gasteiger partial charge on any atom is 0.344 e. The van der Waals surface area contributed by atoms with Crippen molar-refractivity contribution >= 4 is 34.8 Å². The summed E-state index contributed by atoms with van der Waals surface area (Å²) in [5.74, 6) is -0.809. The standard InChI is InChI=1S/C25H23NO5S/c1-4-14-31-18-12-10-17(11-13-18)15-20-22(27)21(25(29)30-5-2)24(32-20)26-23(28)19-9-7-6-8-16(19)3/h4,6-13,15,27H,1,5,14H2,2-3H3/b20-15-,26-24?. The van der Waals surface area contributed by atoms with E-state index in [-0.39, 0.29) is 23.0 Å². The second kappa shape index (κ2) is 10.6. The van der Waals surface area contributed by atoms with Gasteiger partial charge < -0.3 is 14.6 Å². The number of aliphatic imine (C=N–C) groups is 1. The molecule has 6 nitrogen and oxygen atoms in total. The molecule has 0 saturated carbocycles. The Balaban J connectivity index is 1.95. The lowest BCUT2D eigenvalue weighted by molar-refractivity contribution is -0.138. The minimum atomic E-state index is -0.731. The van der Waals surface area contributed by atoms with Crippen LogP contribution in [0.4, 0.5) is 0 Å². The molecule has 0 atom stereocenters. The van der Waals surface area contributed by atoms with Crippen molar-refractivity contribution in [3.63, 3.8) is 0 Å². The molecule has 1 aliphatic heterocycles. The molecule has 164 valence electrons. The zero-order valence-electron chi connectivity index (χ0n) is 17.8. The van der Waals surface area contributed by atoms with Crippen molar-refractivity contribution in [1.82, 2.24) is 0 Å². The summed E-state index contributed by atoms with van der Waals surface area (Å²) in [4.78, 5) is 29.8. The fraction of sp³-hybridized carbons (Fsp3) is 0.160. The van der Waals surface area contributed by atoms with E-state index in [2.05, 4.69) is 11.6 Å². The van der Waals surface area contributed by atoms with Crippen LogP contribution in [0.3, 0.4) is 0 Å². The number of amides is 1. The molecule has 0 radical (unpaired) electrons. The molecule has 1 aliphatic rings. The molecule has 0 fully saturated rings. The van der Waals surface area contributed by atoms with Crippen molar-refractivity contribution < 1.29 is 24.2 Å². The molecule has 0 aromatic heterocycles. The molecule has 2 aromatic rings. The maximum atomic E-state index is 12.7. The summed E-state index contributed by atoms with van der Waals surface area (Å²) in [5, 5.41) is 10.9. The van der Waals surface area contributed by atoms with E-state index >= 15 is 0 Å². The summed E-state index contributed by atoms with van der Waals surface area (Å²) in [6, 6.07) is 14.3. The molecule has 0 unspecified atom stereocenters. The summed E-state index contributed by atoms with van der Waals surface area (Å²) < 4.78 is 10.5. The molecule has 2 aromatic carbocycles. The number of esters is 1. The van der Waals surface area contributed by atoms with Gasteiger partial charge in [-0.2, -0.15) is 0 Å². The van der Waals surface area contributed by atoms with Gasteiger partial charge in [0.15, 0.2) is 0 Å². The Hall–Kier alpha value is -3.58. The Kier molecular flexibility index (Phi) is 7.68. The van der Waals surface area contributed by atoms with Gasteiger partial charge in [-0.15, -0.1) is 0 Å². The minimum Gasteiger partial charge on any atom is -0.506 e. The second-order valence-electron chi connectivity index (χ2n) is 6.76. The van der Waals surface area contributed by atoms with E-state index in [1.807, 2.05) is 31.2 Å². The molecule has 3 rings (SSSR count). The number of carbonyl (C=O) groups is 2. The van der Waals surface area contributed by atoms with Crippen LogP contribution >= 0.6 is 11.8 Å². The van der Waals surface area contributed by atoms with Crippen LogP contribution in [0.2, 0.25) is 0 Å². The van der Waals surface area contributed by atoms with Gasteiger partial charge in [0.2, 0.25) is 0 Å². The summed E-state index contributed by atoms with van der Waals surface area (Å²) in [6.07, 6.45) is 3.36. The maximum absolute atomic E-state index is 12.7. The van der Waals surface area contributed by atoms with Crippen LogP contribution in [-0.2, 0) is 9.53 Å². The number of nitrogens with zero attached hydrogens (tertiary/aromatic N) is 1. The van der Waals surface area contributed by atoms with Crippen molar-refractivity contribution in [2.75, 3.05) is 13.2 Å². The average Bonchev–Trinajstić information content (AvgIpc) is 3.08. The normalized spacial score (nSPS) is 15.8. The summed E-state index contributed by atoms with van der Waals surface area (Å²) in [5.41, 5.74) is 1.86. The summed E-state index contributed by atoms with van der Waals surface area (Å²) in [6.45, 7) is 7.62. The molecular weight excluding hydrogens is 426 g/mol. The zero-order chi connectivity index (χ0) is 23.1. The average molecular weight is 450 g/mol. The Bertz CT molecular complexity index is 1130. The summed E-state index contributed by atoms with van der Waals surface area (Å²) in [7, 11) is 0. The van der Waals surface area contributed by atoms with Gasteiger partial charge in [-0.25, -0.2) is 9.79 Å². The molecule has 0 spiro atoms. The lowest BCUT2D eigenvalue weighted by atomic mass is 10.1. The fourth-order valence-electron chi connectivity index (χ4n) is 2.92. The van der Waals surface area contributed by atoms with Gasteiger partial charge in [0, 0.05) is 5.56 Å². The van der Waals surface area contributed by atoms with Gasteiger partial charge in [0.1, 0.15) is 28.7 Å². The highest BCUT2D eigenvalue weighted by Gasteiger charge is 2.34. The first-order valence-electron chi connectivity index (χ1n) is 9.97. The molecular formula is C25H23NO5S. The van der Waals surface area contributed by atoms with Gasteiger partial charge in [0.25, 0.3) is 5.91 Å². The largest absolute Gasteiger partial charge is 0.506 e. The molecule has 0 saturated heterocycles. The van der Waals surface area contributed by atoms with Crippen molar-refractivity contribution in [1.29, 1.82) is 0 Å². The predicted molar refractivity (Wildman–Crippen MR) is 127 cm³/mol. The van der Waals surface area contributed by atoms with E-state index in [1.54, 1.807) is 43.3 Å². The molecule has 0 aliphatic carbocycles. The van der Waals surface area contributed by atoms with Crippen molar-refractivity contribution in [3.05, 3.63) is 94.1 Å². The number of aliphatic hydroxyl groups is 1. The van der Waals surface area contributed by atoms with E-state index in [4.69, 9.17) is 9.47 Å². The Morgan fingerprint density at radius 3 is 2.53 bits per heavy atom. The number of rotatable bonds is 7. The predicted octanol–water partition coefficient (Wildman–Crippen LogP) is 5.26. The fourth-order valence-corrected chi connectivity index (χ4v) is 3.94. The van der Waals surface area contributed by atoms with E-state index in [9.17, 15) is 14.7 Å². The van der Waals surface area contributed by atoms with Crippen LogP contribution in [0, 0.1) is 6.92 Å². The Morgan fingerprint density at radius 2 is 1.88 bits per heavy atom. The van der Waals surface area contributed by atoms with E-state index in [0.29, 0.717) is 22.8 Å². The van der Waals surface area contributed by atoms with Gasteiger partial charge in [-0.1, -0.05) is 54.7 Å². The van der Waals surface area contributed by atoms with Crippen LogP contribution in [0.1, 0.15) is 28.4 Å². The number of hydrogen-bond donors (Lipinski definition) is 1. The first-order chi connectivity index (χ1) is 15.4. The first kappa shape index (κ1) is 23.1. The zero-order valence-corrected chi connectivity index (χ0v) is 18.6. The van der Waals surface area contributed by atoms with Crippen molar-refractivity contribution in [2.45, 2.75) is 13.8 Å². The smallest absolute Gasteiger partial charge is 0.344 e. The van der Waals surface area contributed by atoms with Gasteiger partial charge in [-0.05, 0) is 49.2 Å². The third kappa shape index (κ3) is 5.36. The highest BCUT2D eigenvalue weighted by molar-refractivity contribution is 8.18. The molecule has 1 amide bonds. The quantitative estimate of drug-likeness (QED) is 0.458. The van der Waals surface area contributed by atoms with Crippen molar-refractivity contribution in [2.24, 2.45) is 4.99 Å². The van der Waals surface area contributed by atoms with Gasteiger partial charge in [-0.3, -0.25) is 4.79 Å². The van der Waals surface area contributed by atoms with Crippen LogP contribution in [0.5, 0.6) is 5.75 Å². The number of hydrogen-bond acceptors (Lipinski definition) is 6. The number of aliphatic hydroxyl groups excluding tert-OH is 1. The molecule has 0 bridgehead atoms. The number of thioether (sulfide) groups is 1. The lowest BCUT2D eigenvalue weighted by Crippen LogP contribution is -2.14. The Labute approximate surface area is 191 Å². The molecule has 1 heterocycles. The monoisotopic (exact) mass is 449 g/mol. The third-order valence-electron chi connectivity index (χ3n) is 4.49. The third-order valence-corrected chi connectivity index (χ3v) is 5.51. The highest BCUT2D eigenvalue weighted by Crippen LogP contribution is 2.39. The topological polar surface area (TPSA) is 85.2 Å². The van der Waals surface area contributed by atoms with Gasteiger partial charge >= 0.3 is 5.97 Å². The molecule has 1 N–H and O–H groups in total. The number of carbonyl (C=O) groups excluding carboxylic acids is 2. The SMILES string of the molecule is C=CCOc1ccc(/C=C2\SC(=NC(=O)c3ccccc3C)C(C(=O)OCC)=C2O)cc1. The van der Waals surface area contributed by atoms with Crippen molar-refractivity contribution in [3.8, 4) is 5.75 Å². The number of benzene rings is 2. The van der Waals surface area contributed by atoms with Gasteiger partial charge in [0.05, 0.1) is 11.5 Å². The molecule has 7 heteroatoms. The highest BCUT2D eigenvalue weighted by atomic mass is 32.2. The lowest BCUT2D eigenvalue weighted by Gasteiger charge is -2.04. The number of ether oxygens (including phenoxy) is 2. The second-order valence-corrected chi connectivity index (χ2v) is 7.79. The van der Waals surface area contributed by atoms with Crippen LogP contribution < -0.4 is 4.74 Å². The summed E-state index contributed by atoms with van der Waals surface area (Å²) >= 11 is 1.04.